The van der Waals surface area contributed by atoms with Crippen LogP contribution in [0.5, 0.6) is 11.5 Å². The Balaban J connectivity index is 2.40. The first kappa shape index (κ1) is 14.0. The molecular formula is C14H11BrF2O2. The normalized spacial score (nSPS) is 12.3. The van der Waals surface area contributed by atoms with E-state index >= 15 is 0 Å². The molecule has 19 heavy (non-hydrogen) atoms. The van der Waals surface area contributed by atoms with Crippen LogP contribution >= 0.6 is 15.9 Å². The van der Waals surface area contributed by atoms with E-state index in [-0.39, 0.29) is 16.0 Å². The summed E-state index contributed by atoms with van der Waals surface area (Å²) in [5, 5.41) is 9.59. The lowest BCUT2D eigenvalue weighted by Crippen LogP contribution is -1.98. The summed E-state index contributed by atoms with van der Waals surface area (Å²) in [6.07, 6.45) is -0.866. The number of halogens is 3. The van der Waals surface area contributed by atoms with Gasteiger partial charge in [0.1, 0.15) is 11.6 Å². The van der Waals surface area contributed by atoms with Crippen LogP contribution in [0.25, 0.3) is 0 Å². The van der Waals surface area contributed by atoms with E-state index in [0.29, 0.717) is 5.56 Å². The molecule has 1 N–H and O–H groups in total. The summed E-state index contributed by atoms with van der Waals surface area (Å²) in [5.74, 6) is -0.799. The van der Waals surface area contributed by atoms with E-state index in [1.165, 1.54) is 37.3 Å². The van der Waals surface area contributed by atoms with Gasteiger partial charge in [0.2, 0.25) is 0 Å². The molecule has 5 heteroatoms. The van der Waals surface area contributed by atoms with Crippen LogP contribution in [0.15, 0.2) is 40.9 Å². The minimum absolute atomic E-state index is 0.0593. The van der Waals surface area contributed by atoms with Crippen molar-refractivity contribution in [3.63, 3.8) is 0 Å². The van der Waals surface area contributed by atoms with Gasteiger partial charge in [0, 0.05) is 5.56 Å². The van der Waals surface area contributed by atoms with Gasteiger partial charge in [-0.05, 0) is 47.1 Å². The zero-order chi connectivity index (χ0) is 14.0. The largest absolute Gasteiger partial charge is 0.454 e. The van der Waals surface area contributed by atoms with Crippen LogP contribution in [-0.4, -0.2) is 5.11 Å². The highest BCUT2D eigenvalue weighted by atomic mass is 79.9. The zero-order valence-electron chi connectivity index (χ0n) is 10.0. The maximum atomic E-state index is 13.8. The number of ether oxygens (including phenoxy) is 1. The quantitative estimate of drug-likeness (QED) is 0.894. The topological polar surface area (TPSA) is 29.5 Å². The van der Waals surface area contributed by atoms with Crippen LogP contribution in [0.3, 0.4) is 0 Å². The second kappa shape index (κ2) is 5.67. The van der Waals surface area contributed by atoms with E-state index in [9.17, 15) is 13.9 Å². The van der Waals surface area contributed by atoms with Crippen LogP contribution in [-0.2, 0) is 0 Å². The Morgan fingerprint density at radius 1 is 1.16 bits per heavy atom. The zero-order valence-corrected chi connectivity index (χ0v) is 11.6. The molecule has 2 aromatic carbocycles. The molecule has 0 saturated heterocycles. The minimum atomic E-state index is -0.866. The Hall–Kier alpha value is -1.46. The van der Waals surface area contributed by atoms with E-state index in [1.54, 1.807) is 6.07 Å². The van der Waals surface area contributed by atoms with Gasteiger partial charge in [-0.2, -0.15) is 0 Å². The van der Waals surface area contributed by atoms with E-state index in [2.05, 4.69) is 15.9 Å². The molecular weight excluding hydrogens is 318 g/mol. The molecule has 2 aromatic rings. The predicted molar refractivity (Wildman–Crippen MR) is 71.2 cm³/mol. The maximum Gasteiger partial charge on any atom is 0.168 e. The third-order valence-corrected chi connectivity index (χ3v) is 3.17. The molecule has 0 aliphatic heterocycles. The van der Waals surface area contributed by atoms with Crippen molar-refractivity contribution in [2.45, 2.75) is 13.0 Å². The van der Waals surface area contributed by atoms with Crippen molar-refractivity contribution in [3.05, 3.63) is 58.1 Å². The molecule has 2 nitrogen and oxygen atoms in total. The molecule has 0 radical (unpaired) electrons. The first-order chi connectivity index (χ1) is 8.99. The fraction of sp³-hybridized carbons (Fsp3) is 0.143. The number of hydrogen-bond acceptors (Lipinski definition) is 2. The average Bonchev–Trinajstić information content (AvgIpc) is 2.36. The van der Waals surface area contributed by atoms with Gasteiger partial charge < -0.3 is 9.84 Å². The number of aliphatic hydroxyl groups is 1. The molecule has 1 atom stereocenters. The summed E-state index contributed by atoms with van der Waals surface area (Å²) < 4.78 is 32.5. The van der Waals surface area contributed by atoms with Crippen molar-refractivity contribution in [2.75, 3.05) is 0 Å². The number of para-hydroxylation sites is 1. The Morgan fingerprint density at radius 3 is 2.53 bits per heavy atom. The van der Waals surface area contributed by atoms with Crippen molar-refractivity contribution in [1.29, 1.82) is 0 Å². The van der Waals surface area contributed by atoms with Crippen molar-refractivity contribution in [3.8, 4) is 11.5 Å². The average molecular weight is 329 g/mol. The van der Waals surface area contributed by atoms with Crippen molar-refractivity contribution >= 4 is 15.9 Å². The van der Waals surface area contributed by atoms with Crippen LogP contribution in [0.2, 0.25) is 0 Å². The van der Waals surface area contributed by atoms with Gasteiger partial charge in [-0.1, -0.05) is 12.1 Å². The highest BCUT2D eigenvalue weighted by Crippen LogP contribution is 2.33. The summed E-state index contributed by atoms with van der Waals surface area (Å²) in [4.78, 5) is 0. The molecule has 100 valence electrons. The number of aliphatic hydroxyl groups excluding tert-OH is 1. The Morgan fingerprint density at radius 2 is 1.89 bits per heavy atom. The summed E-state index contributed by atoms with van der Waals surface area (Å²) in [6.45, 7) is 1.52. The summed E-state index contributed by atoms with van der Waals surface area (Å²) in [6, 6.07) is 8.29. The molecule has 0 bridgehead atoms. The molecule has 0 amide bonds. The molecule has 0 heterocycles. The highest BCUT2D eigenvalue weighted by Gasteiger charge is 2.15. The smallest absolute Gasteiger partial charge is 0.168 e. The van der Waals surface area contributed by atoms with Gasteiger partial charge in [0.25, 0.3) is 0 Å². The van der Waals surface area contributed by atoms with Crippen molar-refractivity contribution in [2.24, 2.45) is 0 Å². The fourth-order valence-corrected chi connectivity index (χ4v) is 1.98. The lowest BCUT2D eigenvalue weighted by Gasteiger charge is -2.14. The van der Waals surface area contributed by atoms with Crippen LogP contribution in [0.4, 0.5) is 8.78 Å². The molecule has 0 aliphatic rings. The SMILES string of the molecule is CC(O)c1cccc(F)c1Oc1ccc(F)c(Br)c1. The Labute approximate surface area is 117 Å². The lowest BCUT2D eigenvalue weighted by atomic mass is 10.1. The third kappa shape index (κ3) is 3.11. The number of benzene rings is 2. The van der Waals surface area contributed by atoms with Crippen LogP contribution in [0, 0.1) is 11.6 Å². The maximum absolute atomic E-state index is 13.8. The molecule has 0 aliphatic carbocycles. The second-order valence-corrected chi connectivity index (χ2v) is 4.87. The molecule has 0 spiro atoms. The summed E-state index contributed by atoms with van der Waals surface area (Å²) >= 11 is 3.03. The highest BCUT2D eigenvalue weighted by molar-refractivity contribution is 9.10. The van der Waals surface area contributed by atoms with Crippen LogP contribution < -0.4 is 4.74 Å². The first-order valence-corrected chi connectivity index (χ1v) is 6.37. The first-order valence-electron chi connectivity index (χ1n) is 5.58. The second-order valence-electron chi connectivity index (χ2n) is 4.01. The third-order valence-electron chi connectivity index (χ3n) is 2.56. The number of hydrogen-bond donors (Lipinski definition) is 1. The molecule has 2 rings (SSSR count). The molecule has 1 unspecified atom stereocenters. The van der Waals surface area contributed by atoms with E-state index in [1.807, 2.05) is 0 Å². The minimum Gasteiger partial charge on any atom is -0.454 e. The van der Waals surface area contributed by atoms with Gasteiger partial charge >= 0.3 is 0 Å². The Bertz CT molecular complexity index is 600. The van der Waals surface area contributed by atoms with E-state index in [0.717, 1.165) is 0 Å². The van der Waals surface area contributed by atoms with Crippen molar-refractivity contribution in [1.82, 2.24) is 0 Å². The summed E-state index contributed by atoms with van der Waals surface area (Å²) in [5.41, 5.74) is 0.334. The van der Waals surface area contributed by atoms with Gasteiger partial charge in [-0.3, -0.25) is 0 Å². The number of rotatable bonds is 3. The molecule has 0 aromatic heterocycles. The van der Waals surface area contributed by atoms with Gasteiger partial charge in [-0.25, -0.2) is 8.78 Å². The predicted octanol–water partition coefficient (Wildman–Crippen LogP) is 4.57. The molecule has 0 fully saturated rings. The monoisotopic (exact) mass is 328 g/mol. The summed E-state index contributed by atoms with van der Waals surface area (Å²) in [7, 11) is 0. The van der Waals surface area contributed by atoms with E-state index < -0.39 is 17.7 Å². The van der Waals surface area contributed by atoms with Gasteiger partial charge in [-0.15, -0.1) is 0 Å². The standard InChI is InChI=1S/C14H11BrF2O2/c1-8(18)10-3-2-4-13(17)14(10)19-9-5-6-12(16)11(15)7-9/h2-8,18H,1H3. The van der Waals surface area contributed by atoms with Gasteiger partial charge in [0.05, 0.1) is 10.6 Å². The molecule has 0 saturated carbocycles. The Kier molecular flexibility index (Phi) is 4.17. The van der Waals surface area contributed by atoms with Crippen LogP contribution in [0.1, 0.15) is 18.6 Å². The fourth-order valence-electron chi connectivity index (χ4n) is 1.62. The van der Waals surface area contributed by atoms with Gasteiger partial charge in [0.15, 0.2) is 11.6 Å². The van der Waals surface area contributed by atoms with E-state index in [4.69, 9.17) is 4.74 Å². The van der Waals surface area contributed by atoms with Crippen molar-refractivity contribution < 1.29 is 18.6 Å². The lowest BCUT2D eigenvalue weighted by molar-refractivity contribution is 0.194.